The standard InChI is InChI=1S/C15H18Cl2N2S/c1-15(2,3)13-8-20-14(19-13)7-12(18)9-4-10(16)6-11(17)5-9/h4-6,8,12H,7,18H2,1-3H3. The van der Waals surface area contributed by atoms with E-state index in [1.165, 1.54) is 0 Å². The first-order valence-corrected chi connectivity index (χ1v) is 8.06. The van der Waals surface area contributed by atoms with E-state index in [0.717, 1.165) is 16.3 Å². The van der Waals surface area contributed by atoms with E-state index in [2.05, 4.69) is 31.1 Å². The number of thiazole rings is 1. The molecule has 1 unspecified atom stereocenters. The smallest absolute Gasteiger partial charge is 0.0947 e. The van der Waals surface area contributed by atoms with E-state index < -0.39 is 0 Å². The van der Waals surface area contributed by atoms with E-state index in [9.17, 15) is 0 Å². The van der Waals surface area contributed by atoms with Crippen molar-refractivity contribution >= 4 is 34.5 Å². The lowest BCUT2D eigenvalue weighted by Gasteiger charge is -2.15. The largest absolute Gasteiger partial charge is 0.324 e. The van der Waals surface area contributed by atoms with Crippen LogP contribution in [0.15, 0.2) is 23.6 Å². The molecule has 0 fully saturated rings. The first kappa shape index (κ1) is 15.8. The second kappa shape index (κ2) is 6.02. The Morgan fingerprint density at radius 1 is 1.20 bits per heavy atom. The summed E-state index contributed by atoms with van der Waals surface area (Å²) in [6.07, 6.45) is 0.692. The molecule has 2 nitrogen and oxygen atoms in total. The van der Waals surface area contributed by atoms with E-state index in [0.29, 0.717) is 16.5 Å². The van der Waals surface area contributed by atoms with Gasteiger partial charge in [0.15, 0.2) is 0 Å². The average molecular weight is 329 g/mol. The van der Waals surface area contributed by atoms with E-state index in [1.54, 1.807) is 17.4 Å². The van der Waals surface area contributed by atoms with Crippen LogP contribution in [-0.2, 0) is 11.8 Å². The predicted octanol–water partition coefficient (Wildman–Crippen LogP) is 4.99. The lowest BCUT2D eigenvalue weighted by atomic mass is 9.93. The molecular formula is C15H18Cl2N2S. The Kier molecular flexibility index (Phi) is 4.75. The van der Waals surface area contributed by atoms with Gasteiger partial charge < -0.3 is 5.73 Å². The molecule has 108 valence electrons. The zero-order valence-corrected chi connectivity index (χ0v) is 14.1. The summed E-state index contributed by atoms with van der Waals surface area (Å²) in [4.78, 5) is 4.66. The third-order valence-corrected chi connectivity index (χ3v) is 4.34. The molecule has 0 saturated heterocycles. The summed E-state index contributed by atoms with van der Waals surface area (Å²) >= 11 is 13.7. The molecule has 1 aromatic carbocycles. The molecule has 2 aromatic rings. The summed E-state index contributed by atoms with van der Waals surface area (Å²) in [6.45, 7) is 6.47. The minimum absolute atomic E-state index is 0.0677. The molecule has 1 atom stereocenters. The van der Waals surface area contributed by atoms with E-state index >= 15 is 0 Å². The van der Waals surface area contributed by atoms with Crippen LogP contribution in [0.3, 0.4) is 0 Å². The minimum atomic E-state index is -0.148. The van der Waals surface area contributed by atoms with Gasteiger partial charge in [0.1, 0.15) is 0 Å². The van der Waals surface area contributed by atoms with Crippen molar-refractivity contribution < 1.29 is 0 Å². The van der Waals surface area contributed by atoms with Crippen molar-refractivity contribution in [3.05, 3.63) is 49.9 Å². The lowest BCUT2D eigenvalue weighted by Crippen LogP contribution is -2.15. The molecule has 0 amide bonds. The molecule has 0 saturated carbocycles. The maximum Gasteiger partial charge on any atom is 0.0947 e. The zero-order valence-electron chi connectivity index (χ0n) is 11.8. The Bertz CT molecular complexity index is 582. The topological polar surface area (TPSA) is 38.9 Å². The molecule has 0 bridgehead atoms. The van der Waals surface area contributed by atoms with Crippen molar-refractivity contribution in [3.8, 4) is 0 Å². The van der Waals surface area contributed by atoms with Gasteiger partial charge in [-0.2, -0.15) is 0 Å². The van der Waals surface area contributed by atoms with Gasteiger partial charge in [0.05, 0.1) is 10.7 Å². The van der Waals surface area contributed by atoms with E-state index in [1.807, 2.05) is 12.1 Å². The summed E-state index contributed by atoms with van der Waals surface area (Å²) in [5.41, 5.74) is 8.35. The number of nitrogens with two attached hydrogens (primary N) is 1. The van der Waals surface area contributed by atoms with Crippen LogP contribution < -0.4 is 5.73 Å². The van der Waals surface area contributed by atoms with Crippen molar-refractivity contribution in [1.82, 2.24) is 4.98 Å². The quantitative estimate of drug-likeness (QED) is 0.861. The first-order valence-electron chi connectivity index (χ1n) is 6.42. The van der Waals surface area contributed by atoms with Crippen molar-refractivity contribution in [1.29, 1.82) is 0 Å². The molecule has 2 rings (SSSR count). The van der Waals surface area contributed by atoms with Gasteiger partial charge >= 0.3 is 0 Å². The Morgan fingerprint density at radius 3 is 2.30 bits per heavy atom. The summed E-state index contributed by atoms with van der Waals surface area (Å²) in [7, 11) is 0. The molecule has 0 aliphatic rings. The van der Waals surface area contributed by atoms with Crippen LogP contribution in [0.1, 0.15) is 43.1 Å². The predicted molar refractivity (Wildman–Crippen MR) is 87.9 cm³/mol. The fourth-order valence-corrected chi connectivity index (χ4v) is 3.47. The van der Waals surface area contributed by atoms with Gasteiger partial charge in [0.2, 0.25) is 0 Å². The summed E-state index contributed by atoms with van der Waals surface area (Å²) in [5, 5.41) is 4.36. The highest BCUT2D eigenvalue weighted by atomic mass is 35.5. The van der Waals surface area contributed by atoms with Crippen LogP contribution in [-0.4, -0.2) is 4.98 Å². The maximum absolute atomic E-state index is 6.23. The van der Waals surface area contributed by atoms with Gasteiger partial charge in [-0.1, -0.05) is 44.0 Å². The fourth-order valence-electron chi connectivity index (χ4n) is 1.84. The van der Waals surface area contributed by atoms with Gasteiger partial charge in [0, 0.05) is 33.3 Å². The number of hydrogen-bond acceptors (Lipinski definition) is 3. The first-order chi connectivity index (χ1) is 9.25. The SMILES string of the molecule is CC(C)(C)c1csc(CC(N)c2cc(Cl)cc(Cl)c2)n1. The molecule has 2 N–H and O–H groups in total. The lowest BCUT2D eigenvalue weighted by molar-refractivity contribution is 0.569. The van der Waals surface area contributed by atoms with Crippen LogP contribution in [0.2, 0.25) is 10.0 Å². The number of aromatic nitrogens is 1. The number of nitrogens with zero attached hydrogens (tertiary/aromatic N) is 1. The second-order valence-corrected chi connectivity index (χ2v) is 7.71. The minimum Gasteiger partial charge on any atom is -0.324 e. The number of hydrogen-bond donors (Lipinski definition) is 1. The monoisotopic (exact) mass is 328 g/mol. The molecule has 5 heteroatoms. The maximum atomic E-state index is 6.23. The molecule has 1 heterocycles. The molecule has 1 aromatic heterocycles. The molecule has 0 aliphatic carbocycles. The van der Waals surface area contributed by atoms with Crippen molar-refractivity contribution in [3.63, 3.8) is 0 Å². The zero-order chi connectivity index (χ0) is 14.9. The highest BCUT2D eigenvalue weighted by Crippen LogP contribution is 2.28. The summed E-state index contributed by atoms with van der Waals surface area (Å²) in [6, 6.07) is 5.28. The van der Waals surface area contributed by atoms with Crippen LogP contribution in [0.4, 0.5) is 0 Å². The fraction of sp³-hybridized carbons (Fsp3) is 0.400. The van der Waals surface area contributed by atoms with E-state index in [-0.39, 0.29) is 11.5 Å². The molecule has 0 radical (unpaired) electrons. The van der Waals surface area contributed by atoms with Gasteiger partial charge in [0.25, 0.3) is 0 Å². The van der Waals surface area contributed by atoms with Crippen LogP contribution in [0.5, 0.6) is 0 Å². The van der Waals surface area contributed by atoms with Gasteiger partial charge in [-0.05, 0) is 23.8 Å². The Balaban J connectivity index is 2.15. The summed E-state index contributed by atoms with van der Waals surface area (Å²) < 4.78 is 0. The Labute approximate surface area is 133 Å². The van der Waals surface area contributed by atoms with Gasteiger partial charge in [-0.3, -0.25) is 0 Å². The van der Waals surface area contributed by atoms with Crippen LogP contribution in [0, 0.1) is 0 Å². The molecule has 0 aliphatic heterocycles. The highest BCUT2D eigenvalue weighted by Gasteiger charge is 2.18. The second-order valence-electron chi connectivity index (χ2n) is 5.89. The van der Waals surface area contributed by atoms with Gasteiger partial charge in [-0.25, -0.2) is 4.98 Å². The number of rotatable bonds is 3. The normalized spacial score (nSPS) is 13.5. The Morgan fingerprint density at radius 2 is 1.80 bits per heavy atom. The summed E-state index contributed by atoms with van der Waals surface area (Å²) in [5.74, 6) is 0. The van der Waals surface area contributed by atoms with Crippen molar-refractivity contribution in [2.75, 3.05) is 0 Å². The average Bonchev–Trinajstić information content (AvgIpc) is 2.75. The van der Waals surface area contributed by atoms with Crippen molar-refractivity contribution in [2.45, 2.75) is 38.6 Å². The molecular weight excluding hydrogens is 311 g/mol. The van der Waals surface area contributed by atoms with E-state index in [4.69, 9.17) is 28.9 Å². The highest BCUT2D eigenvalue weighted by molar-refractivity contribution is 7.09. The molecule has 0 spiro atoms. The third kappa shape index (κ3) is 3.95. The van der Waals surface area contributed by atoms with Crippen molar-refractivity contribution in [2.24, 2.45) is 5.73 Å². The molecule has 20 heavy (non-hydrogen) atoms. The van der Waals surface area contributed by atoms with Crippen LogP contribution in [0.25, 0.3) is 0 Å². The number of benzene rings is 1. The Hall–Kier alpha value is -0.610. The third-order valence-electron chi connectivity index (χ3n) is 3.03. The number of halogens is 2. The van der Waals surface area contributed by atoms with Gasteiger partial charge in [-0.15, -0.1) is 11.3 Å². The van der Waals surface area contributed by atoms with Crippen LogP contribution >= 0.6 is 34.5 Å².